The molecule has 0 aromatic carbocycles. The van der Waals surface area contributed by atoms with Gasteiger partial charge in [-0.2, -0.15) is 0 Å². The topological polar surface area (TPSA) is 38.9 Å². The van der Waals surface area contributed by atoms with E-state index < -0.39 is 0 Å². The van der Waals surface area contributed by atoms with E-state index in [0.717, 1.165) is 23.4 Å². The Hall–Kier alpha value is -1.83. The highest BCUT2D eigenvalue weighted by atomic mass is 14.7. The third-order valence-corrected chi connectivity index (χ3v) is 2.02. The Balaban J connectivity index is 2.81. The van der Waals surface area contributed by atoms with E-state index in [-0.39, 0.29) is 0 Å². The summed E-state index contributed by atoms with van der Waals surface area (Å²) >= 11 is 0. The van der Waals surface area contributed by atoms with Gasteiger partial charge in [-0.15, -0.1) is 0 Å². The lowest BCUT2D eigenvalue weighted by atomic mass is 10.1. The number of nitrogens with two attached hydrogens (primary N) is 1. The molecule has 0 atom stereocenters. The van der Waals surface area contributed by atoms with Gasteiger partial charge in [-0.05, 0) is 36.4 Å². The van der Waals surface area contributed by atoms with E-state index in [1.54, 1.807) is 6.08 Å². The first-order chi connectivity index (χ1) is 7.27. The predicted octanol–water partition coefficient (Wildman–Crippen LogP) is 2.69. The molecule has 2 nitrogen and oxygen atoms in total. The molecule has 15 heavy (non-hydrogen) atoms. The number of hydrogen-bond donors (Lipinski definition) is 1. The molecule has 1 aromatic heterocycles. The zero-order chi connectivity index (χ0) is 11.1. The molecule has 1 rings (SSSR count). The molecule has 0 bridgehead atoms. The van der Waals surface area contributed by atoms with E-state index in [4.69, 9.17) is 5.73 Å². The fourth-order valence-electron chi connectivity index (χ4n) is 1.18. The minimum Gasteiger partial charge on any atom is -0.405 e. The number of hydrogen-bond acceptors (Lipinski definition) is 2. The molecule has 0 aliphatic heterocycles. The molecule has 1 heterocycles. The quantitative estimate of drug-likeness (QED) is 0.759. The Kier molecular flexibility index (Phi) is 4.35. The van der Waals surface area contributed by atoms with Crippen LogP contribution in [-0.4, -0.2) is 4.98 Å². The molecule has 0 saturated heterocycles. The molecule has 78 valence electrons. The van der Waals surface area contributed by atoms with Gasteiger partial charge in [-0.3, -0.25) is 4.98 Å². The van der Waals surface area contributed by atoms with Crippen LogP contribution in [0.15, 0.2) is 49.2 Å². The van der Waals surface area contributed by atoms with E-state index in [1.165, 1.54) is 6.20 Å². The molecule has 2 heteroatoms. The molecule has 2 N–H and O–H groups in total. The highest BCUT2D eigenvalue weighted by Gasteiger charge is 1.97. The predicted molar refractivity (Wildman–Crippen MR) is 65.1 cm³/mol. The molecular formula is C13H16N2. The number of nitrogens with zero attached hydrogens (tertiary/aromatic N) is 1. The van der Waals surface area contributed by atoms with Crippen molar-refractivity contribution in [1.82, 2.24) is 4.98 Å². The van der Waals surface area contributed by atoms with Crippen molar-refractivity contribution in [2.45, 2.75) is 13.3 Å². The summed E-state index contributed by atoms with van der Waals surface area (Å²) in [5.74, 6) is 0. The van der Waals surface area contributed by atoms with Crippen LogP contribution in [0.2, 0.25) is 0 Å². The summed E-state index contributed by atoms with van der Waals surface area (Å²) in [5, 5.41) is 0. The molecule has 0 unspecified atom stereocenters. The lowest BCUT2D eigenvalue weighted by molar-refractivity contribution is 1.03. The minimum absolute atomic E-state index is 0.892. The first-order valence-corrected chi connectivity index (χ1v) is 4.98. The molecule has 0 radical (unpaired) electrons. The van der Waals surface area contributed by atoms with Crippen LogP contribution < -0.4 is 5.73 Å². The first-order valence-electron chi connectivity index (χ1n) is 4.98. The van der Waals surface area contributed by atoms with Crippen molar-refractivity contribution in [2.75, 3.05) is 0 Å². The van der Waals surface area contributed by atoms with Gasteiger partial charge in [-0.1, -0.05) is 31.7 Å². The van der Waals surface area contributed by atoms with Gasteiger partial charge in [0.2, 0.25) is 0 Å². The summed E-state index contributed by atoms with van der Waals surface area (Å²) in [5.41, 5.74) is 8.11. The van der Waals surface area contributed by atoms with Crippen molar-refractivity contribution in [1.29, 1.82) is 0 Å². The molecule has 0 aliphatic rings. The monoisotopic (exact) mass is 200 g/mol. The Bertz CT molecular complexity index is 389. The van der Waals surface area contributed by atoms with Crippen molar-refractivity contribution in [3.05, 3.63) is 60.6 Å². The smallest absolute Gasteiger partial charge is 0.0699 e. The van der Waals surface area contributed by atoms with Crippen LogP contribution in [0.25, 0.3) is 5.57 Å². The van der Waals surface area contributed by atoms with E-state index in [0.29, 0.717) is 0 Å². The van der Waals surface area contributed by atoms with Crippen molar-refractivity contribution in [2.24, 2.45) is 5.73 Å². The number of pyridine rings is 1. The van der Waals surface area contributed by atoms with Gasteiger partial charge in [0.05, 0.1) is 5.69 Å². The fraction of sp³-hybridized carbons (Fsp3) is 0.154. The highest BCUT2D eigenvalue weighted by Crippen LogP contribution is 2.11. The largest absolute Gasteiger partial charge is 0.405 e. The maximum absolute atomic E-state index is 5.22. The zero-order valence-electron chi connectivity index (χ0n) is 8.98. The zero-order valence-corrected chi connectivity index (χ0v) is 8.98. The van der Waals surface area contributed by atoms with Crippen LogP contribution in [0.3, 0.4) is 0 Å². The lowest BCUT2D eigenvalue weighted by Crippen LogP contribution is -1.91. The molecule has 1 aromatic rings. The highest BCUT2D eigenvalue weighted by molar-refractivity contribution is 5.69. The van der Waals surface area contributed by atoms with Crippen LogP contribution >= 0.6 is 0 Å². The van der Waals surface area contributed by atoms with Crippen LogP contribution in [0, 0.1) is 0 Å². The van der Waals surface area contributed by atoms with Gasteiger partial charge < -0.3 is 5.73 Å². The van der Waals surface area contributed by atoms with Gasteiger partial charge >= 0.3 is 0 Å². The van der Waals surface area contributed by atoms with Crippen LogP contribution in [0.4, 0.5) is 0 Å². The van der Waals surface area contributed by atoms with Crippen molar-refractivity contribution in [3.63, 3.8) is 0 Å². The van der Waals surface area contributed by atoms with Crippen molar-refractivity contribution in [3.8, 4) is 0 Å². The summed E-state index contributed by atoms with van der Waals surface area (Å²) in [6.07, 6.45) is 7.93. The standard InChI is InChI=1S/C13H16N2/c1-3-12-8-6-9-13(15-12)11(2)7-4-5-10-14/h4-10H,2-3,14H2,1H3/b7-4-,10-5-. The third kappa shape index (κ3) is 3.43. The van der Waals surface area contributed by atoms with Gasteiger partial charge in [0.1, 0.15) is 0 Å². The SMILES string of the molecule is C=C(/C=C\C=C/N)c1cccc(CC)n1. The lowest BCUT2D eigenvalue weighted by Gasteiger charge is -2.01. The summed E-state index contributed by atoms with van der Waals surface area (Å²) in [7, 11) is 0. The number of aryl methyl sites for hydroxylation is 1. The molecule has 0 saturated carbocycles. The number of aromatic nitrogens is 1. The number of allylic oxidation sites excluding steroid dienone is 4. The first kappa shape index (κ1) is 11.2. The van der Waals surface area contributed by atoms with Gasteiger partial charge in [-0.25, -0.2) is 0 Å². The second-order valence-electron chi connectivity index (χ2n) is 3.14. The van der Waals surface area contributed by atoms with Crippen LogP contribution in [0.5, 0.6) is 0 Å². The summed E-state index contributed by atoms with van der Waals surface area (Å²) in [6.45, 7) is 6.03. The van der Waals surface area contributed by atoms with Gasteiger partial charge in [0.25, 0.3) is 0 Å². The Labute approximate surface area is 90.8 Å². The molecule has 0 fully saturated rings. The maximum atomic E-state index is 5.22. The van der Waals surface area contributed by atoms with E-state index >= 15 is 0 Å². The summed E-state index contributed by atoms with van der Waals surface area (Å²) in [4.78, 5) is 4.46. The summed E-state index contributed by atoms with van der Waals surface area (Å²) in [6, 6.07) is 5.97. The minimum atomic E-state index is 0.892. The average molecular weight is 200 g/mol. The second-order valence-corrected chi connectivity index (χ2v) is 3.14. The Morgan fingerprint density at radius 2 is 2.27 bits per heavy atom. The van der Waals surface area contributed by atoms with E-state index in [1.807, 2.05) is 30.4 Å². The Morgan fingerprint density at radius 3 is 2.93 bits per heavy atom. The van der Waals surface area contributed by atoms with E-state index in [9.17, 15) is 0 Å². The molecule has 0 aliphatic carbocycles. The summed E-state index contributed by atoms with van der Waals surface area (Å²) < 4.78 is 0. The molecular weight excluding hydrogens is 184 g/mol. The normalized spacial score (nSPS) is 11.3. The Morgan fingerprint density at radius 1 is 1.47 bits per heavy atom. The molecule has 0 amide bonds. The van der Waals surface area contributed by atoms with Crippen molar-refractivity contribution < 1.29 is 0 Å². The van der Waals surface area contributed by atoms with Crippen molar-refractivity contribution >= 4 is 5.57 Å². The second kappa shape index (κ2) is 5.81. The maximum Gasteiger partial charge on any atom is 0.0699 e. The van der Waals surface area contributed by atoms with Crippen LogP contribution in [-0.2, 0) is 6.42 Å². The fourth-order valence-corrected chi connectivity index (χ4v) is 1.18. The van der Waals surface area contributed by atoms with Gasteiger partial charge in [0.15, 0.2) is 0 Å². The van der Waals surface area contributed by atoms with Gasteiger partial charge in [0, 0.05) is 5.69 Å². The van der Waals surface area contributed by atoms with E-state index in [2.05, 4.69) is 18.5 Å². The molecule has 0 spiro atoms. The average Bonchev–Trinajstić information content (AvgIpc) is 2.29. The van der Waals surface area contributed by atoms with Crippen LogP contribution in [0.1, 0.15) is 18.3 Å². The number of rotatable bonds is 4. The third-order valence-electron chi connectivity index (χ3n) is 2.02.